The summed E-state index contributed by atoms with van der Waals surface area (Å²) in [7, 11) is 0. The molecule has 0 radical (unpaired) electrons. The van der Waals surface area contributed by atoms with Gasteiger partial charge in [-0.1, -0.05) is 24.6 Å². The van der Waals surface area contributed by atoms with Gasteiger partial charge in [0.05, 0.1) is 0 Å². The number of alkyl halides is 1. The first kappa shape index (κ1) is 15.1. The molecule has 1 aliphatic carbocycles. The van der Waals surface area contributed by atoms with E-state index in [-0.39, 0.29) is 11.4 Å². The number of benzene rings is 1. The van der Waals surface area contributed by atoms with E-state index in [0.717, 1.165) is 18.8 Å². The summed E-state index contributed by atoms with van der Waals surface area (Å²) in [6.45, 7) is 2.78. The Kier molecular flexibility index (Phi) is 5.10. The fourth-order valence-corrected chi connectivity index (χ4v) is 3.14. The molecule has 1 aromatic carbocycles. The Hall–Kier alpha value is -0.310. The first-order valence-corrected chi connectivity index (χ1v) is 7.71. The summed E-state index contributed by atoms with van der Waals surface area (Å²) < 4.78 is 13.7. The van der Waals surface area contributed by atoms with Crippen molar-refractivity contribution in [2.45, 2.75) is 44.7 Å². The Labute approximate surface area is 124 Å². The van der Waals surface area contributed by atoms with Crippen molar-refractivity contribution in [2.75, 3.05) is 5.88 Å². The van der Waals surface area contributed by atoms with E-state index in [2.05, 4.69) is 12.2 Å². The number of hydrogen-bond donors (Lipinski definition) is 1. The van der Waals surface area contributed by atoms with Gasteiger partial charge in [0, 0.05) is 28.5 Å². The van der Waals surface area contributed by atoms with Crippen LogP contribution < -0.4 is 5.32 Å². The minimum atomic E-state index is -0.256. The second-order valence-electron chi connectivity index (χ2n) is 5.69. The molecular formula is C15H20Cl2FN. The second-order valence-corrected chi connectivity index (χ2v) is 6.39. The Morgan fingerprint density at radius 3 is 2.63 bits per heavy atom. The first-order chi connectivity index (χ1) is 9.04. The summed E-state index contributed by atoms with van der Waals surface area (Å²) in [6, 6.07) is 4.81. The molecule has 1 aromatic rings. The lowest BCUT2D eigenvalue weighted by molar-refractivity contribution is 0.215. The quantitative estimate of drug-likeness (QED) is 0.791. The van der Waals surface area contributed by atoms with Crippen molar-refractivity contribution in [1.29, 1.82) is 0 Å². The van der Waals surface area contributed by atoms with Crippen molar-refractivity contribution in [3.05, 3.63) is 34.6 Å². The Balaban J connectivity index is 2.00. The SMILES string of the molecule is CC1CCC(CCl)(NCc2ccc(Cl)cc2F)CC1. The van der Waals surface area contributed by atoms with E-state index in [1.54, 1.807) is 12.1 Å². The summed E-state index contributed by atoms with van der Waals surface area (Å²) in [6.07, 6.45) is 4.49. The molecule has 0 bridgehead atoms. The van der Waals surface area contributed by atoms with Gasteiger partial charge in [-0.15, -0.1) is 11.6 Å². The molecule has 1 aliphatic rings. The zero-order valence-electron chi connectivity index (χ0n) is 11.2. The van der Waals surface area contributed by atoms with Crippen LogP contribution in [0.1, 0.15) is 38.2 Å². The summed E-state index contributed by atoms with van der Waals surface area (Å²) in [5.41, 5.74) is 0.604. The van der Waals surface area contributed by atoms with Crippen molar-refractivity contribution >= 4 is 23.2 Å². The zero-order chi connectivity index (χ0) is 13.9. The molecule has 0 aromatic heterocycles. The minimum absolute atomic E-state index is 0.0415. The highest BCUT2D eigenvalue weighted by Gasteiger charge is 2.32. The van der Waals surface area contributed by atoms with E-state index in [0.29, 0.717) is 23.0 Å². The van der Waals surface area contributed by atoms with Gasteiger partial charge >= 0.3 is 0 Å². The van der Waals surface area contributed by atoms with Crippen LogP contribution in [0.5, 0.6) is 0 Å². The van der Waals surface area contributed by atoms with Crippen LogP contribution in [-0.4, -0.2) is 11.4 Å². The van der Waals surface area contributed by atoms with Crippen LogP contribution >= 0.6 is 23.2 Å². The van der Waals surface area contributed by atoms with Crippen molar-refractivity contribution in [1.82, 2.24) is 5.32 Å². The lowest BCUT2D eigenvalue weighted by Gasteiger charge is -2.39. The average molecular weight is 304 g/mol. The highest BCUT2D eigenvalue weighted by atomic mass is 35.5. The molecule has 0 unspecified atom stereocenters. The maximum atomic E-state index is 13.7. The highest BCUT2D eigenvalue weighted by molar-refractivity contribution is 6.30. The highest BCUT2D eigenvalue weighted by Crippen LogP contribution is 2.33. The van der Waals surface area contributed by atoms with Crippen LogP contribution in [0.3, 0.4) is 0 Å². The van der Waals surface area contributed by atoms with Gasteiger partial charge in [-0.3, -0.25) is 0 Å². The molecule has 0 spiro atoms. The maximum Gasteiger partial charge on any atom is 0.129 e. The fourth-order valence-electron chi connectivity index (χ4n) is 2.62. The van der Waals surface area contributed by atoms with Crippen LogP contribution in [0.15, 0.2) is 18.2 Å². The van der Waals surface area contributed by atoms with E-state index in [9.17, 15) is 4.39 Å². The molecule has 1 saturated carbocycles. The van der Waals surface area contributed by atoms with Gasteiger partial charge in [0.1, 0.15) is 5.82 Å². The van der Waals surface area contributed by atoms with Crippen LogP contribution in [-0.2, 0) is 6.54 Å². The second kappa shape index (κ2) is 6.43. The van der Waals surface area contributed by atoms with E-state index in [1.807, 2.05) is 0 Å². The largest absolute Gasteiger partial charge is 0.306 e. The van der Waals surface area contributed by atoms with Crippen LogP contribution in [0.2, 0.25) is 5.02 Å². The number of nitrogens with one attached hydrogen (secondary N) is 1. The monoisotopic (exact) mass is 303 g/mol. The molecule has 0 saturated heterocycles. The number of rotatable bonds is 4. The van der Waals surface area contributed by atoms with Gasteiger partial charge in [-0.05, 0) is 43.7 Å². The third-order valence-corrected chi connectivity index (χ3v) is 4.90. The van der Waals surface area contributed by atoms with Gasteiger partial charge in [-0.25, -0.2) is 4.39 Å². The number of hydrogen-bond acceptors (Lipinski definition) is 1. The molecule has 0 aliphatic heterocycles. The smallest absolute Gasteiger partial charge is 0.129 e. The molecule has 2 rings (SSSR count). The van der Waals surface area contributed by atoms with Gasteiger partial charge in [-0.2, -0.15) is 0 Å². The molecule has 1 N–H and O–H groups in total. The average Bonchev–Trinajstić information content (AvgIpc) is 2.40. The zero-order valence-corrected chi connectivity index (χ0v) is 12.7. The van der Waals surface area contributed by atoms with E-state index in [4.69, 9.17) is 23.2 Å². The number of halogens is 3. The Morgan fingerprint density at radius 2 is 2.05 bits per heavy atom. The van der Waals surface area contributed by atoms with Crippen LogP contribution in [0.25, 0.3) is 0 Å². The molecule has 19 heavy (non-hydrogen) atoms. The first-order valence-electron chi connectivity index (χ1n) is 6.79. The molecule has 0 heterocycles. The summed E-state index contributed by atoms with van der Waals surface area (Å²) in [5, 5.41) is 3.90. The normalized spacial score (nSPS) is 27.5. The predicted molar refractivity (Wildman–Crippen MR) is 79.3 cm³/mol. The lowest BCUT2D eigenvalue weighted by atomic mass is 9.78. The third-order valence-electron chi connectivity index (χ3n) is 4.16. The van der Waals surface area contributed by atoms with Gasteiger partial charge in [0.15, 0.2) is 0 Å². The summed E-state index contributed by atoms with van der Waals surface area (Å²) >= 11 is 11.9. The fraction of sp³-hybridized carbons (Fsp3) is 0.600. The van der Waals surface area contributed by atoms with E-state index >= 15 is 0 Å². The molecule has 1 nitrogen and oxygen atoms in total. The lowest BCUT2D eigenvalue weighted by Crippen LogP contribution is -2.49. The van der Waals surface area contributed by atoms with Crippen molar-refractivity contribution in [3.63, 3.8) is 0 Å². The molecular weight excluding hydrogens is 284 g/mol. The minimum Gasteiger partial charge on any atom is -0.306 e. The van der Waals surface area contributed by atoms with E-state index in [1.165, 1.54) is 18.9 Å². The Morgan fingerprint density at radius 1 is 1.37 bits per heavy atom. The van der Waals surface area contributed by atoms with Gasteiger partial charge in [0.25, 0.3) is 0 Å². The predicted octanol–water partition coefficient (Wildman–Crippen LogP) is 4.76. The van der Waals surface area contributed by atoms with Gasteiger partial charge < -0.3 is 5.32 Å². The molecule has 106 valence electrons. The molecule has 0 amide bonds. The molecule has 1 fully saturated rings. The van der Waals surface area contributed by atoms with Crippen molar-refractivity contribution in [2.24, 2.45) is 5.92 Å². The van der Waals surface area contributed by atoms with Crippen molar-refractivity contribution in [3.8, 4) is 0 Å². The van der Waals surface area contributed by atoms with Crippen LogP contribution in [0, 0.1) is 11.7 Å². The third kappa shape index (κ3) is 3.84. The van der Waals surface area contributed by atoms with Crippen LogP contribution in [0.4, 0.5) is 4.39 Å². The topological polar surface area (TPSA) is 12.0 Å². The standard InChI is InChI=1S/C15H20Cl2FN/c1-11-4-6-15(10-16,7-5-11)19-9-12-2-3-13(17)8-14(12)18/h2-3,8,11,19H,4-7,9-10H2,1H3. The molecule has 0 atom stereocenters. The van der Waals surface area contributed by atoms with E-state index < -0.39 is 0 Å². The Bertz CT molecular complexity index is 428. The maximum absolute atomic E-state index is 13.7. The van der Waals surface area contributed by atoms with Crippen molar-refractivity contribution < 1.29 is 4.39 Å². The van der Waals surface area contributed by atoms with Gasteiger partial charge in [0.2, 0.25) is 0 Å². The molecule has 4 heteroatoms. The summed E-state index contributed by atoms with van der Waals surface area (Å²) in [4.78, 5) is 0. The summed E-state index contributed by atoms with van der Waals surface area (Å²) in [5.74, 6) is 1.09.